The number of nitrogens with one attached hydrogen (secondary N) is 1. The van der Waals surface area contributed by atoms with Crippen LogP contribution in [0.2, 0.25) is 0 Å². The maximum atomic E-state index is 13.3. The fourth-order valence-corrected chi connectivity index (χ4v) is 4.26. The highest BCUT2D eigenvalue weighted by Gasteiger charge is 2.35. The molecule has 0 aliphatic carbocycles. The zero-order valence-corrected chi connectivity index (χ0v) is 18.8. The van der Waals surface area contributed by atoms with Gasteiger partial charge in [-0.3, -0.25) is 19.5 Å². The maximum absolute atomic E-state index is 13.3. The van der Waals surface area contributed by atoms with Crippen molar-refractivity contribution >= 4 is 23.2 Å². The molecule has 2 aliphatic rings. The van der Waals surface area contributed by atoms with E-state index in [2.05, 4.69) is 22.3 Å². The minimum atomic E-state index is -0.00403. The summed E-state index contributed by atoms with van der Waals surface area (Å²) in [5.41, 5.74) is 2.71. The Labute approximate surface area is 189 Å². The van der Waals surface area contributed by atoms with Crippen LogP contribution in [0.1, 0.15) is 31.9 Å². The van der Waals surface area contributed by atoms with Gasteiger partial charge in [0.1, 0.15) is 5.71 Å². The minimum absolute atomic E-state index is 0.00133. The Morgan fingerprint density at radius 2 is 1.59 bits per heavy atom. The summed E-state index contributed by atoms with van der Waals surface area (Å²) in [4.78, 5) is 29.3. The van der Waals surface area contributed by atoms with Crippen LogP contribution in [-0.2, 0) is 9.59 Å². The Kier molecular flexibility index (Phi) is 6.85. The van der Waals surface area contributed by atoms with Crippen LogP contribution in [0, 0.1) is 0 Å². The lowest BCUT2D eigenvalue weighted by Crippen LogP contribution is -2.52. The van der Waals surface area contributed by atoms with Crippen LogP contribution in [0.5, 0.6) is 0 Å². The molecule has 2 heterocycles. The van der Waals surface area contributed by atoms with Crippen molar-refractivity contribution in [2.75, 3.05) is 37.7 Å². The van der Waals surface area contributed by atoms with Crippen molar-refractivity contribution in [2.45, 2.75) is 32.4 Å². The van der Waals surface area contributed by atoms with Crippen LogP contribution < -0.4 is 10.3 Å². The van der Waals surface area contributed by atoms with E-state index in [-0.39, 0.29) is 23.9 Å². The first-order valence-corrected chi connectivity index (χ1v) is 11.3. The largest absolute Gasteiger partial charge is 0.353 e. The van der Waals surface area contributed by atoms with Crippen LogP contribution in [-0.4, -0.2) is 66.1 Å². The molecule has 1 fully saturated rings. The van der Waals surface area contributed by atoms with Gasteiger partial charge in [0.15, 0.2) is 0 Å². The molecule has 1 saturated heterocycles. The van der Waals surface area contributed by atoms with Gasteiger partial charge in [-0.2, -0.15) is 5.10 Å². The lowest BCUT2D eigenvalue weighted by molar-refractivity contribution is -0.127. The van der Waals surface area contributed by atoms with Crippen LogP contribution in [0.4, 0.5) is 5.69 Å². The number of anilines is 1. The topological polar surface area (TPSA) is 68.2 Å². The Morgan fingerprint density at radius 3 is 2.22 bits per heavy atom. The number of hydrazone groups is 1. The number of piperazine rings is 1. The van der Waals surface area contributed by atoms with Crippen LogP contribution >= 0.6 is 0 Å². The zero-order valence-electron chi connectivity index (χ0n) is 18.8. The van der Waals surface area contributed by atoms with Gasteiger partial charge in [-0.1, -0.05) is 48.5 Å². The van der Waals surface area contributed by atoms with Crippen molar-refractivity contribution in [3.63, 3.8) is 0 Å². The van der Waals surface area contributed by atoms with Crippen molar-refractivity contribution < 1.29 is 9.59 Å². The Balaban J connectivity index is 1.43. The van der Waals surface area contributed by atoms with Crippen LogP contribution in [0.15, 0.2) is 65.8 Å². The number of hydrogen-bond acceptors (Lipinski definition) is 5. The molecular formula is C25H31N5O2. The first kappa shape index (κ1) is 22.0. The predicted molar refractivity (Wildman–Crippen MR) is 126 cm³/mol. The zero-order chi connectivity index (χ0) is 22.5. The summed E-state index contributed by atoms with van der Waals surface area (Å²) in [6, 6.07) is 20.3. The van der Waals surface area contributed by atoms with E-state index in [0.29, 0.717) is 44.9 Å². The average Bonchev–Trinajstić information content (AvgIpc) is 3.25. The number of nitrogens with zero attached hydrogens (tertiary/aromatic N) is 4. The van der Waals surface area contributed by atoms with Crippen molar-refractivity contribution in [3.05, 3.63) is 66.2 Å². The maximum Gasteiger partial charge on any atom is 0.270 e. The normalized spacial score (nSPS) is 19.2. The number of carbonyl (C=O) groups is 2. The summed E-state index contributed by atoms with van der Waals surface area (Å²) >= 11 is 0. The Bertz CT molecular complexity index is 953. The van der Waals surface area contributed by atoms with Crippen molar-refractivity contribution in [1.29, 1.82) is 0 Å². The third-order valence-corrected chi connectivity index (χ3v) is 5.84. The highest BCUT2D eigenvalue weighted by Crippen LogP contribution is 2.35. The fraction of sp³-hybridized carbons (Fsp3) is 0.400. The van der Waals surface area contributed by atoms with E-state index >= 15 is 0 Å². The number of para-hydroxylation sites is 1. The molecule has 7 nitrogen and oxygen atoms in total. The lowest BCUT2D eigenvalue weighted by Gasteiger charge is -2.34. The minimum Gasteiger partial charge on any atom is -0.353 e. The molecular weight excluding hydrogens is 402 g/mol. The SMILES string of the molecule is CC(C)NC(=O)CN1CCN(C(=O)C2=NN(c3ccccc3)C(c3ccccc3)C2)CC1. The number of carbonyl (C=O) groups excluding carboxylic acids is 2. The highest BCUT2D eigenvalue weighted by atomic mass is 16.2. The third kappa shape index (κ3) is 5.16. The predicted octanol–water partition coefficient (Wildman–Crippen LogP) is 2.66. The second-order valence-corrected chi connectivity index (χ2v) is 8.65. The molecule has 7 heteroatoms. The van der Waals surface area contributed by atoms with E-state index in [4.69, 9.17) is 5.10 Å². The van der Waals surface area contributed by atoms with E-state index in [1.54, 1.807) is 0 Å². The molecule has 4 rings (SSSR count). The van der Waals surface area contributed by atoms with Crippen LogP contribution in [0.3, 0.4) is 0 Å². The molecule has 0 saturated carbocycles. The summed E-state index contributed by atoms with van der Waals surface area (Å²) in [5, 5.41) is 9.66. The molecule has 0 aromatic heterocycles. The number of benzene rings is 2. The third-order valence-electron chi connectivity index (χ3n) is 5.84. The summed E-state index contributed by atoms with van der Waals surface area (Å²) in [7, 11) is 0. The Hall–Kier alpha value is -3.19. The molecule has 1 unspecified atom stereocenters. The summed E-state index contributed by atoms with van der Waals surface area (Å²) in [6.45, 7) is 6.88. The van der Waals surface area contributed by atoms with Gasteiger partial charge in [0.25, 0.3) is 5.91 Å². The standard InChI is InChI=1S/C25H31N5O2/c1-19(2)26-24(31)18-28-13-15-29(16-14-28)25(32)22-17-23(20-9-5-3-6-10-20)30(27-22)21-11-7-4-8-12-21/h3-12,19,23H,13-18H2,1-2H3,(H,26,31). The molecule has 32 heavy (non-hydrogen) atoms. The lowest BCUT2D eigenvalue weighted by atomic mass is 10.0. The van der Waals surface area contributed by atoms with Gasteiger partial charge < -0.3 is 10.2 Å². The van der Waals surface area contributed by atoms with Gasteiger partial charge in [-0.25, -0.2) is 0 Å². The highest BCUT2D eigenvalue weighted by molar-refractivity contribution is 6.39. The summed E-state index contributed by atoms with van der Waals surface area (Å²) in [5.74, 6) is 0.0276. The van der Waals surface area contributed by atoms with E-state index in [0.717, 1.165) is 11.3 Å². The second-order valence-electron chi connectivity index (χ2n) is 8.65. The molecule has 2 aliphatic heterocycles. The quantitative estimate of drug-likeness (QED) is 0.761. The van der Waals surface area contributed by atoms with Gasteiger partial charge in [0.05, 0.1) is 18.3 Å². The monoisotopic (exact) mass is 433 g/mol. The van der Waals surface area contributed by atoms with Gasteiger partial charge in [-0.05, 0) is 31.5 Å². The molecule has 2 aromatic rings. The Morgan fingerprint density at radius 1 is 0.969 bits per heavy atom. The molecule has 2 aromatic carbocycles. The second kappa shape index (κ2) is 9.96. The number of hydrogen-bond donors (Lipinski definition) is 1. The molecule has 0 bridgehead atoms. The molecule has 2 amide bonds. The van der Waals surface area contributed by atoms with Crippen molar-refractivity contribution in [2.24, 2.45) is 5.10 Å². The van der Waals surface area contributed by atoms with Gasteiger partial charge in [0.2, 0.25) is 5.91 Å². The summed E-state index contributed by atoms with van der Waals surface area (Å²) < 4.78 is 0. The van der Waals surface area contributed by atoms with Gasteiger partial charge in [0, 0.05) is 38.6 Å². The molecule has 1 atom stereocenters. The molecule has 0 radical (unpaired) electrons. The average molecular weight is 434 g/mol. The summed E-state index contributed by atoms with van der Waals surface area (Å²) in [6.07, 6.45) is 0.578. The molecule has 1 N–H and O–H groups in total. The van der Waals surface area contributed by atoms with Gasteiger partial charge >= 0.3 is 0 Å². The van der Waals surface area contributed by atoms with Crippen LogP contribution in [0.25, 0.3) is 0 Å². The fourth-order valence-electron chi connectivity index (χ4n) is 4.26. The van der Waals surface area contributed by atoms with E-state index in [1.165, 1.54) is 0 Å². The van der Waals surface area contributed by atoms with Crippen molar-refractivity contribution in [3.8, 4) is 0 Å². The molecule has 168 valence electrons. The molecule has 0 spiro atoms. The first-order chi connectivity index (χ1) is 15.5. The first-order valence-electron chi connectivity index (χ1n) is 11.3. The van der Waals surface area contributed by atoms with E-state index < -0.39 is 0 Å². The van der Waals surface area contributed by atoms with Gasteiger partial charge in [-0.15, -0.1) is 0 Å². The smallest absolute Gasteiger partial charge is 0.270 e. The van der Waals surface area contributed by atoms with Crippen molar-refractivity contribution in [1.82, 2.24) is 15.1 Å². The number of rotatable bonds is 6. The van der Waals surface area contributed by atoms with E-state index in [9.17, 15) is 9.59 Å². The van der Waals surface area contributed by atoms with E-state index in [1.807, 2.05) is 72.3 Å². The number of amides is 2.